The van der Waals surface area contributed by atoms with Crippen LogP contribution in [0.1, 0.15) is 97.2 Å². The summed E-state index contributed by atoms with van der Waals surface area (Å²) in [4.78, 5) is 5.18. The van der Waals surface area contributed by atoms with Gasteiger partial charge in [-0.15, -0.1) is 0 Å². The van der Waals surface area contributed by atoms with E-state index in [4.69, 9.17) is 4.74 Å². The lowest BCUT2D eigenvalue weighted by Crippen LogP contribution is -2.33. The van der Waals surface area contributed by atoms with E-state index in [0.717, 1.165) is 45.3 Å². The van der Waals surface area contributed by atoms with Crippen LogP contribution in [0.25, 0.3) is 44.2 Å². The lowest BCUT2D eigenvalue weighted by atomic mass is 9.65. The molecule has 0 bridgehead atoms. The van der Waals surface area contributed by atoms with Crippen molar-refractivity contribution < 1.29 is 4.74 Å². The predicted octanol–water partition coefficient (Wildman–Crippen LogP) is 19.9. The van der Waals surface area contributed by atoms with Gasteiger partial charge in [-0.2, -0.15) is 0 Å². The van der Waals surface area contributed by atoms with Gasteiger partial charge in [0.2, 0.25) is 0 Å². The summed E-state index contributed by atoms with van der Waals surface area (Å²) < 4.78 is 6.82. The third-order valence-corrected chi connectivity index (χ3v) is 18.5. The minimum Gasteiger partial charge on any atom is -0.457 e. The monoisotopic (exact) mass is 1010 g/mol. The molecule has 77 heavy (non-hydrogen) atoms. The first kappa shape index (κ1) is 46.0. The van der Waals surface area contributed by atoms with E-state index < -0.39 is 10.8 Å². The van der Waals surface area contributed by atoms with Gasteiger partial charge < -0.3 is 9.64 Å². The number of benzene rings is 11. The summed E-state index contributed by atoms with van der Waals surface area (Å²) in [5.41, 5.74) is 22.2. The molecule has 0 N–H and O–H groups in total. The fraction of sp³-hybridized carbons (Fsp3) is 0.135. The van der Waals surface area contributed by atoms with Gasteiger partial charge in [0.05, 0.1) is 16.5 Å². The summed E-state index contributed by atoms with van der Waals surface area (Å²) in [6, 6.07) is 89.6. The lowest BCUT2D eigenvalue weighted by molar-refractivity contribution is 0.436. The minimum absolute atomic E-state index is 0.0601. The highest BCUT2D eigenvalue weighted by atomic mass is 32.2. The number of ether oxygens (including phenoxy) is 1. The SMILES string of the molecule is CC(C)(C)c1ccc2c(c1)C1(c3cc(C(C)(C)C)ccc3S2)c2ccccc2-c2ccc(N(c3ccc4c(c3)C3(c5ccccc5Oc5ccccc53)c3ccccc3-4)c3ccccc3-c3cccc4ccccc34)cc21. The molecule has 11 aromatic rings. The smallest absolute Gasteiger partial charge is 0.132 e. The molecule has 0 radical (unpaired) electrons. The van der Waals surface area contributed by atoms with E-state index in [-0.39, 0.29) is 10.8 Å². The molecule has 2 nitrogen and oxygen atoms in total. The van der Waals surface area contributed by atoms with Gasteiger partial charge in [0, 0.05) is 37.9 Å². The molecule has 370 valence electrons. The maximum absolute atomic E-state index is 6.82. The van der Waals surface area contributed by atoms with Crippen molar-refractivity contribution in [1.82, 2.24) is 0 Å². The molecule has 0 amide bonds. The Hall–Kier alpha value is -8.37. The highest BCUT2D eigenvalue weighted by Gasteiger charge is 2.53. The summed E-state index contributed by atoms with van der Waals surface area (Å²) in [6.07, 6.45) is 0. The second kappa shape index (κ2) is 16.6. The van der Waals surface area contributed by atoms with E-state index >= 15 is 0 Å². The maximum Gasteiger partial charge on any atom is 0.132 e. The van der Waals surface area contributed by atoms with Gasteiger partial charge in [-0.05, 0) is 149 Å². The Morgan fingerprint density at radius 1 is 0.338 bits per heavy atom. The summed E-state index contributed by atoms with van der Waals surface area (Å²) in [6.45, 7) is 14.1. The molecule has 0 saturated carbocycles. The summed E-state index contributed by atoms with van der Waals surface area (Å²) >= 11 is 1.92. The number of anilines is 3. The van der Waals surface area contributed by atoms with Crippen LogP contribution in [0.4, 0.5) is 17.1 Å². The summed E-state index contributed by atoms with van der Waals surface area (Å²) in [7, 11) is 0. The molecule has 0 saturated heterocycles. The maximum atomic E-state index is 6.82. The lowest BCUT2D eigenvalue weighted by Gasteiger charge is -2.42. The van der Waals surface area contributed by atoms with E-state index in [9.17, 15) is 0 Å². The van der Waals surface area contributed by atoms with Crippen LogP contribution < -0.4 is 9.64 Å². The van der Waals surface area contributed by atoms with Gasteiger partial charge in [0.1, 0.15) is 11.5 Å². The van der Waals surface area contributed by atoms with Crippen molar-refractivity contribution in [2.24, 2.45) is 0 Å². The van der Waals surface area contributed by atoms with Crippen molar-refractivity contribution in [3.8, 4) is 44.9 Å². The molecule has 4 aliphatic rings. The van der Waals surface area contributed by atoms with Crippen molar-refractivity contribution in [3.63, 3.8) is 0 Å². The first-order valence-electron chi connectivity index (χ1n) is 27.1. The van der Waals surface area contributed by atoms with Crippen molar-refractivity contribution in [1.29, 1.82) is 0 Å². The Bertz CT molecular complexity index is 4160. The molecule has 2 heterocycles. The van der Waals surface area contributed by atoms with Crippen LogP contribution in [0.3, 0.4) is 0 Å². The molecule has 2 spiro atoms. The van der Waals surface area contributed by atoms with Crippen LogP contribution in [-0.2, 0) is 21.7 Å². The Morgan fingerprint density at radius 3 is 1.32 bits per heavy atom. The first-order valence-corrected chi connectivity index (χ1v) is 28.0. The zero-order valence-electron chi connectivity index (χ0n) is 44.3. The number of para-hydroxylation sites is 3. The molecule has 2 aliphatic heterocycles. The number of fused-ring (bicyclic) bond motifs is 19. The molecule has 11 aromatic carbocycles. The summed E-state index contributed by atoms with van der Waals surface area (Å²) in [5, 5.41) is 2.44. The second-order valence-corrected chi connectivity index (χ2v) is 24.6. The normalized spacial score (nSPS) is 14.6. The van der Waals surface area contributed by atoms with E-state index in [1.807, 2.05) is 11.8 Å². The van der Waals surface area contributed by atoms with E-state index in [1.54, 1.807) is 0 Å². The fourth-order valence-electron chi connectivity index (χ4n) is 13.8. The largest absolute Gasteiger partial charge is 0.457 e. The molecule has 0 fully saturated rings. The Labute approximate surface area is 456 Å². The van der Waals surface area contributed by atoms with E-state index in [0.29, 0.717) is 0 Å². The third-order valence-electron chi connectivity index (χ3n) is 17.3. The van der Waals surface area contributed by atoms with Crippen molar-refractivity contribution in [2.75, 3.05) is 4.90 Å². The van der Waals surface area contributed by atoms with Crippen molar-refractivity contribution >= 4 is 39.6 Å². The minimum atomic E-state index is -0.638. The van der Waals surface area contributed by atoms with Gasteiger partial charge in [-0.3, -0.25) is 0 Å². The zero-order chi connectivity index (χ0) is 52.0. The average molecular weight is 1010 g/mol. The quantitative estimate of drug-likeness (QED) is 0.174. The molecule has 2 aliphatic carbocycles. The fourth-order valence-corrected chi connectivity index (χ4v) is 14.9. The van der Waals surface area contributed by atoms with Gasteiger partial charge >= 0.3 is 0 Å². The number of hydrogen-bond acceptors (Lipinski definition) is 3. The first-order chi connectivity index (χ1) is 37.4. The Kier molecular flexibility index (Phi) is 9.89. The Balaban J connectivity index is 1.05. The highest BCUT2D eigenvalue weighted by molar-refractivity contribution is 7.99. The van der Waals surface area contributed by atoms with Crippen LogP contribution >= 0.6 is 11.8 Å². The zero-order valence-corrected chi connectivity index (χ0v) is 45.1. The van der Waals surface area contributed by atoms with Gasteiger partial charge in [0.15, 0.2) is 0 Å². The van der Waals surface area contributed by atoms with Crippen molar-refractivity contribution in [3.05, 3.63) is 292 Å². The molecular formula is C74H57NOS. The average Bonchev–Trinajstić information content (AvgIpc) is 4.17. The molecule has 0 aromatic heterocycles. The molecule has 0 unspecified atom stereocenters. The Morgan fingerprint density at radius 2 is 0.766 bits per heavy atom. The second-order valence-electron chi connectivity index (χ2n) is 23.5. The third kappa shape index (κ3) is 6.50. The highest BCUT2D eigenvalue weighted by Crippen LogP contribution is 2.65. The van der Waals surface area contributed by atoms with Crippen LogP contribution in [-0.4, -0.2) is 0 Å². The number of hydrogen-bond donors (Lipinski definition) is 0. The summed E-state index contributed by atoms with van der Waals surface area (Å²) in [5.74, 6) is 1.77. The number of nitrogens with zero attached hydrogens (tertiary/aromatic N) is 1. The van der Waals surface area contributed by atoms with Crippen LogP contribution in [0, 0.1) is 0 Å². The molecule has 0 atom stereocenters. The topological polar surface area (TPSA) is 12.5 Å². The van der Waals surface area contributed by atoms with E-state index in [1.165, 1.54) is 92.9 Å². The molecule has 3 heteroatoms. The van der Waals surface area contributed by atoms with E-state index in [2.05, 4.69) is 283 Å². The predicted molar refractivity (Wildman–Crippen MR) is 320 cm³/mol. The molecule has 15 rings (SSSR count). The molecular weight excluding hydrogens is 951 g/mol. The van der Waals surface area contributed by atoms with Gasteiger partial charge in [-0.1, -0.05) is 235 Å². The van der Waals surface area contributed by atoms with Crippen molar-refractivity contribution in [2.45, 2.75) is 73.0 Å². The van der Waals surface area contributed by atoms with Crippen LogP contribution in [0.5, 0.6) is 11.5 Å². The van der Waals surface area contributed by atoms with Gasteiger partial charge in [0.25, 0.3) is 0 Å². The van der Waals surface area contributed by atoms with Gasteiger partial charge in [-0.25, -0.2) is 0 Å². The van der Waals surface area contributed by atoms with Crippen LogP contribution in [0.15, 0.2) is 246 Å². The van der Waals surface area contributed by atoms with Crippen LogP contribution in [0.2, 0.25) is 0 Å². The number of rotatable bonds is 4. The standard InChI is InChI=1S/C74H57NOS/c1-71(2,3)47-34-40-69-64(42-47)74(65-43-48(72(4,5)6)35-41-70(65)77-69)59-28-13-10-24-54(59)56-39-37-50(45-63(56)74)75(66-31-16-11-25-57(66)52-26-19-21-46-20-7-8-22-51(46)52)49-36-38-55-53-23-9-12-27-58(53)73(62(55)44-49)60-29-14-17-32-67(60)76-68-33-18-15-30-61(68)73/h7-45H,1-6H3.